The molecule has 0 saturated carbocycles. The Labute approximate surface area is 136 Å². The molecule has 0 saturated heterocycles. The second kappa shape index (κ2) is 9.41. The molecule has 4 nitrogen and oxygen atoms in total. The molecule has 23 heavy (non-hydrogen) atoms. The highest BCUT2D eigenvalue weighted by molar-refractivity contribution is 5.89. The zero-order valence-corrected chi connectivity index (χ0v) is 13.3. The Morgan fingerprint density at radius 3 is 2.74 bits per heavy atom. The van der Waals surface area contributed by atoms with Gasteiger partial charge in [0, 0.05) is 6.21 Å². The Kier molecular flexibility index (Phi) is 6.85. The molecule has 0 spiro atoms. The minimum atomic E-state index is -0.327. The van der Waals surface area contributed by atoms with Crippen LogP contribution in [0.2, 0.25) is 0 Å². The van der Waals surface area contributed by atoms with E-state index >= 15 is 0 Å². The van der Waals surface area contributed by atoms with E-state index in [0.717, 1.165) is 18.5 Å². The van der Waals surface area contributed by atoms with Gasteiger partial charge in [0.2, 0.25) is 0 Å². The van der Waals surface area contributed by atoms with Crippen molar-refractivity contribution < 1.29 is 14.3 Å². The third kappa shape index (κ3) is 5.94. The van der Waals surface area contributed by atoms with Gasteiger partial charge in [-0.1, -0.05) is 24.3 Å². The maximum atomic E-state index is 11.9. The predicted octanol–water partition coefficient (Wildman–Crippen LogP) is 4.42. The van der Waals surface area contributed by atoms with Crippen molar-refractivity contribution in [3.05, 3.63) is 60.2 Å². The van der Waals surface area contributed by atoms with Crippen LogP contribution in [0.25, 0.3) is 0 Å². The molecule has 2 aromatic carbocycles. The van der Waals surface area contributed by atoms with Gasteiger partial charge < -0.3 is 9.47 Å². The van der Waals surface area contributed by atoms with Gasteiger partial charge in [-0.15, -0.1) is 0 Å². The monoisotopic (exact) mass is 311 g/mol. The van der Waals surface area contributed by atoms with Crippen LogP contribution in [0, 0.1) is 0 Å². The van der Waals surface area contributed by atoms with Crippen molar-refractivity contribution in [2.24, 2.45) is 4.99 Å². The molecule has 0 atom stereocenters. The first-order chi connectivity index (χ1) is 11.3. The summed E-state index contributed by atoms with van der Waals surface area (Å²) in [5.74, 6) is 0.350. The lowest BCUT2D eigenvalue weighted by Gasteiger charge is -2.06. The number of hydrogen-bond donors (Lipinski definition) is 0. The molecule has 0 amide bonds. The van der Waals surface area contributed by atoms with E-state index in [2.05, 4.69) is 4.99 Å². The van der Waals surface area contributed by atoms with Crippen molar-refractivity contribution in [3.8, 4) is 5.75 Å². The van der Waals surface area contributed by atoms with Gasteiger partial charge in [0.1, 0.15) is 5.75 Å². The first-order valence-electron chi connectivity index (χ1n) is 7.77. The summed E-state index contributed by atoms with van der Waals surface area (Å²) in [6.45, 7) is 2.85. The third-order valence-electron chi connectivity index (χ3n) is 3.09. The molecule has 0 aliphatic carbocycles. The fourth-order valence-corrected chi connectivity index (χ4v) is 1.99. The van der Waals surface area contributed by atoms with Gasteiger partial charge in [-0.25, -0.2) is 4.79 Å². The predicted molar refractivity (Wildman–Crippen MR) is 91.7 cm³/mol. The quantitative estimate of drug-likeness (QED) is 0.412. The van der Waals surface area contributed by atoms with Gasteiger partial charge in [0.15, 0.2) is 0 Å². The summed E-state index contributed by atoms with van der Waals surface area (Å²) in [5.41, 5.74) is 1.44. The van der Waals surface area contributed by atoms with Crippen molar-refractivity contribution >= 4 is 17.9 Å². The van der Waals surface area contributed by atoms with Crippen LogP contribution in [0.4, 0.5) is 5.69 Å². The summed E-state index contributed by atoms with van der Waals surface area (Å²) in [4.78, 5) is 16.3. The summed E-state index contributed by atoms with van der Waals surface area (Å²) >= 11 is 0. The number of carbonyl (C=O) groups excluding carboxylic acids is 1. The molecule has 0 N–H and O–H groups in total. The molecule has 0 unspecified atom stereocenters. The molecule has 0 radical (unpaired) electrons. The van der Waals surface area contributed by atoms with E-state index in [1.165, 1.54) is 0 Å². The van der Waals surface area contributed by atoms with Crippen LogP contribution in [-0.2, 0) is 4.74 Å². The fourth-order valence-electron chi connectivity index (χ4n) is 1.99. The van der Waals surface area contributed by atoms with Crippen LogP contribution >= 0.6 is 0 Å². The van der Waals surface area contributed by atoms with E-state index in [4.69, 9.17) is 9.47 Å². The topological polar surface area (TPSA) is 47.9 Å². The number of rotatable bonds is 8. The van der Waals surface area contributed by atoms with Gasteiger partial charge in [0.05, 0.1) is 24.5 Å². The summed E-state index contributed by atoms with van der Waals surface area (Å²) in [6.07, 6.45) is 3.35. The van der Waals surface area contributed by atoms with Crippen LogP contribution in [0.3, 0.4) is 0 Å². The van der Waals surface area contributed by atoms with E-state index in [9.17, 15) is 4.79 Å². The van der Waals surface area contributed by atoms with Crippen LogP contribution in [0.1, 0.15) is 30.1 Å². The van der Waals surface area contributed by atoms with E-state index < -0.39 is 0 Å². The molecule has 0 heterocycles. The lowest BCUT2D eigenvalue weighted by Crippen LogP contribution is -2.07. The highest BCUT2D eigenvalue weighted by Gasteiger charge is 2.07. The first-order valence-corrected chi connectivity index (χ1v) is 7.77. The molecule has 0 fully saturated rings. The van der Waals surface area contributed by atoms with Crippen molar-refractivity contribution in [1.29, 1.82) is 0 Å². The molecule has 4 heteroatoms. The number of benzene rings is 2. The van der Waals surface area contributed by atoms with E-state index in [1.54, 1.807) is 18.2 Å². The minimum Gasteiger partial charge on any atom is -0.494 e. The Bertz CT molecular complexity index is 638. The summed E-state index contributed by atoms with van der Waals surface area (Å²) in [7, 11) is 0. The highest BCUT2D eigenvalue weighted by atomic mass is 16.5. The zero-order chi connectivity index (χ0) is 16.3. The lowest BCUT2D eigenvalue weighted by molar-refractivity contribution is 0.0502. The average molecular weight is 311 g/mol. The number of aliphatic imine (C=N–C) groups is 1. The standard InChI is InChI=1S/C19H21NO3/c1-2-22-18-12-8-9-16(15-18)19(21)23-14-7-6-13-20-17-10-4-3-5-11-17/h3-5,8-13,15H,2,6-7,14H2,1H3. The number of esters is 1. The Morgan fingerprint density at radius 1 is 1.13 bits per heavy atom. The van der Waals surface area contributed by atoms with E-state index in [1.807, 2.05) is 49.5 Å². The number of para-hydroxylation sites is 1. The number of ether oxygens (including phenoxy) is 2. The van der Waals surface area contributed by atoms with Crippen molar-refractivity contribution in [2.45, 2.75) is 19.8 Å². The molecule has 120 valence electrons. The SMILES string of the molecule is CCOc1cccc(C(=O)OCCCC=Nc2ccccc2)c1. The summed E-state index contributed by atoms with van der Waals surface area (Å²) in [5, 5.41) is 0. The summed E-state index contributed by atoms with van der Waals surface area (Å²) in [6, 6.07) is 16.8. The maximum Gasteiger partial charge on any atom is 0.338 e. The van der Waals surface area contributed by atoms with Gasteiger partial charge in [-0.3, -0.25) is 4.99 Å². The molecule has 0 bridgehead atoms. The fraction of sp³-hybridized carbons (Fsp3) is 0.263. The van der Waals surface area contributed by atoms with Crippen molar-refractivity contribution in [2.75, 3.05) is 13.2 Å². The minimum absolute atomic E-state index is 0.327. The second-order valence-corrected chi connectivity index (χ2v) is 4.89. The maximum absolute atomic E-state index is 11.9. The van der Waals surface area contributed by atoms with Gasteiger partial charge in [0.25, 0.3) is 0 Å². The van der Waals surface area contributed by atoms with Crippen LogP contribution in [0.15, 0.2) is 59.6 Å². The number of unbranched alkanes of at least 4 members (excludes halogenated alkanes) is 1. The van der Waals surface area contributed by atoms with Crippen molar-refractivity contribution in [3.63, 3.8) is 0 Å². The van der Waals surface area contributed by atoms with E-state index in [-0.39, 0.29) is 5.97 Å². The zero-order valence-electron chi connectivity index (χ0n) is 13.3. The van der Waals surface area contributed by atoms with Gasteiger partial charge in [-0.2, -0.15) is 0 Å². The average Bonchev–Trinajstić information content (AvgIpc) is 2.59. The Hall–Kier alpha value is -2.62. The second-order valence-electron chi connectivity index (χ2n) is 4.89. The molecular formula is C19H21NO3. The molecule has 2 rings (SSSR count). The lowest BCUT2D eigenvalue weighted by atomic mass is 10.2. The van der Waals surface area contributed by atoms with Crippen LogP contribution < -0.4 is 4.74 Å². The largest absolute Gasteiger partial charge is 0.494 e. The highest BCUT2D eigenvalue weighted by Crippen LogP contribution is 2.14. The molecule has 0 aromatic heterocycles. The summed E-state index contributed by atoms with van der Waals surface area (Å²) < 4.78 is 10.6. The normalized spacial score (nSPS) is 10.7. The molecule has 0 aliphatic heterocycles. The Morgan fingerprint density at radius 2 is 1.96 bits per heavy atom. The smallest absolute Gasteiger partial charge is 0.338 e. The first kappa shape index (κ1) is 16.7. The van der Waals surface area contributed by atoms with Crippen molar-refractivity contribution in [1.82, 2.24) is 0 Å². The number of hydrogen-bond acceptors (Lipinski definition) is 4. The molecular weight excluding hydrogens is 290 g/mol. The van der Waals surface area contributed by atoms with E-state index in [0.29, 0.717) is 24.5 Å². The van der Waals surface area contributed by atoms with Crippen LogP contribution in [-0.4, -0.2) is 25.4 Å². The third-order valence-corrected chi connectivity index (χ3v) is 3.09. The molecule has 2 aromatic rings. The number of nitrogens with zero attached hydrogens (tertiary/aromatic N) is 1. The van der Waals surface area contributed by atoms with Gasteiger partial charge >= 0.3 is 5.97 Å². The van der Waals surface area contributed by atoms with Gasteiger partial charge in [-0.05, 0) is 50.1 Å². The molecule has 0 aliphatic rings. The van der Waals surface area contributed by atoms with Crippen LogP contribution in [0.5, 0.6) is 5.75 Å². The number of carbonyl (C=O) groups is 1. The Balaban J connectivity index is 1.70.